The molecule has 1 fully saturated rings. The molecule has 6 nitrogen and oxygen atoms in total. The van der Waals surface area contributed by atoms with Gasteiger partial charge in [-0.05, 0) is 38.0 Å². The van der Waals surface area contributed by atoms with Crippen molar-refractivity contribution >= 4 is 17.5 Å². The molecular formula is C15H21N3O3. The van der Waals surface area contributed by atoms with Crippen molar-refractivity contribution in [1.29, 1.82) is 0 Å². The van der Waals surface area contributed by atoms with Crippen molar-refractivity contribution in [1.82, 2.24) is 0 Å². The highest BCUT2D eigenvalue weighted by Crippen LogP contribution is 2.38. The van der Waals surface area contributed by atoms with Crippen LogP contribution in [-0.4, -0.2) is 25.0 Å². The van der Waals surface area contributed by atoms with Crippen LogP contribution in [-0.2, 0) is 4.79 Å². The molecule has 2 atom stereocenters. The van der Waals surface area contributed by atoms with Crippen LogP contribution < -0.4 is 21.5 Å². The maximum Gasteiger partial charge on any atom is 0.248 e. The van der Waals surface area contributed by atoms with E-state index in [9.17, 15) is 9.59 Å². The number of nitrogens with two attached hydrogens (primary N) is 2. The fourth-order valence-electron chi connectivity index (χ4n) is 2.70. The highest BCUT2D eigenvalue weighted by molar-refractivity contribution is 5.99. The van der Waals surface area contributed by atoms with Crippen LogP contribution in [0.5, 0.6) is 5.75 Å². The Morgan fingerprint density at radius 3 is 2.67 bits per heavy atom. The number of carbonyl (C=O) groups is 2. The van der Waals surface area contributed by atoms with Crippen LogP contribution in [0.3, 0.4) is 0 Å². The van der Waals surface area contributed by atoms with E-state index in [4.69, 9.17) is 16.2 Å². The number of hydrogen-bond acceptors (Lipinski definition) is 4. The third-order valence-electron chi connectivity index (χ3n) is 4.28. The van der Waals surface area contributed by atoms with E-state index in [-0.39, 0.29) is 11.9 Å². The minimum atomic E-state index is -0.603. The van der Waals surface area contributed by atoms with Gasteiger partial charge in [-0.25, -0.2) is 0 Å². The van der Waals surface area contributed by atoms with E-state index in [1.807, 2.05) is 6.92 Å². The Kier molecular flexibility index (Phi) is 4.18. The number of rotatable bonds is 4. The average Bonchev–Trinajstić information content (AvgIpc) is 2.79. The molecule has 2 unspecified atom stereocenters. The second-order valence-electron chi connectivity index (χ2n) is 5.65. The van der Waals surface area contributed by atoms with Crippen LogP contribution in [0.1, 0.15) is 36.5 Å². The van der Waals surface area contributed by atoms with Gasteiger partial charge in [0.25, 0.3) is 0 Å². The van der Waals surface area contributed by atoms with Gasteiger partial charge in [-0.15, -0.1) is 0 Å². The van der Waals surface area contributed by atoms with Crippen molar-refractivity contribution in [2.75, 3.05) is 12.4 Å². The second-order valence-corrected chi connectivity index (χ2v) is 5.65. The summed E-state index contributed by atoms with van der Waals surface area (Å²) in [6, 6.07) is 4.51. The predicted molar refractivity (Wildman–Crippen MR) is 80.1 cm³/mol. The SMILES string of the molecule is COc1ccc(C(N)=O)cc1NC(=O)C1(C)CCCC1N. The van der Waals surface area contributed by atoms with Crippen LogP contribution in [0.4, 0.5) is 5.69 Å². The number of primary amides is 1. The summed E-state index contributed by atoms with van der Waals surface area (Å²) in [6.07, 6.45) is 2.52. The summed E-state index contributed by atoms with van der Waals surface area (Å²) < 4.78 is 5.21. The maximum atomic E-state index is 12.5. The summed E-state index contributed by atoms with van der Waals surface area (Å²) in [7, 11) is 1.50. The Bertz CT molecular complexity index is 573. The van der Waals surface area contributed by atoms with Crippen LogP contribution >= 0.6 is 0 Å². The van der Waals surface area contributed by atoms with Gasteiger partial charge in [0.1, 0.15) is 5.75 Å². The number of carbonyl (C=O) groups excluding carboxylic acids is 2. The molecule has 1 aliphatic rings. The summed E-state index contributed by atoms with van der Waals surface area (Å²) in [4.78, 5) is 23.8. The molecule has 0 bridgehead atoms. The zero-order valence-electron chi connectivity index (χ0n) is 12.3. The summed E-state index contributed by atoms with van der Waals surface area (Å²) in [5, 5.41) is 2.82. The Labute approximate surface area is 123 Å². The van der Waals surface area contributed by atoms with Gasteiger partial charge in [-0.1, -0.05) is 6.42 Å². The average molecular weight is 291 g/mol. The highest BCUT2D eigenvalue weighted by Gasteiger charge is 2.43. The molecule has 0 saturated heterocycles. The lowest BCUT2D eigenvalue weighted by Crippen LogP contribution is -2.44. The first kappa shape index (κ1) is 15.3. The van der Waals surface area contributed by atoms with E-state index in [2.05, 4.69) is 5.32 Å². The molecule has 0 aromatic heterocycles. The van der Waals surface area contributed by atoms with Gasteiger partial charge in [0.05, 0.1) is 18.2 Å². The zero-order valence-corrected chi connectivity index (χ0v) is 12.3. The fraction of sp³-hybridized carbons (Fsp3) is 0.467. The molecule has 5 N–H and O–H groups in total. The number of ether oxygens (including phenoxy) is 1. The highest BCUT2D eigenvalue weighted by atomic mass is 16.5. The number of hydrogen-bond donors (Lipinski definition) is 3. The molecule has 1 saturated carbocycles. The van der Waals surface area contributed by atoms with Gasteiger partial charge in [0, 0.05) is 11.6 Å². The number of nitrogens with one attached hydrogen (secondary N) is 1. The number of amides is 2. The van der Waals surface area contributed by atoms with Gasteiger partial charge < -0.3 is 21.5 Å². The third-order valence-corrected chi connectivity index (χ3v) is 4.28. The second kappa shape index (κ2) is 5.73. The van der Waals surface area contributed by atoms with Crippen molar-refractivity contribution in [2.24, 2.45) is 16.9 Å². The van der Waals surface area contributed by atoms with Crippen LogP contribution in [0.25, 0.3) is 0 Å². The van der Waals surface area contributed by atoms with Gasteiger partial charge in [0.15, 0.2) is 0 Å². The van der Waals surface area contributed by atoms with Crippen molar-refractivity contribution in [2.45, 2.75) is 32.2 Å². The number of anilines is 1. The van der Waals surface area contributed by atoms with Gasteiger partial charge in [0.2, 0.25) is 11.8 Å². The van der Waals surface area contributed by atoms with E-state index in [1.54, 1.807) is 12.1 Å². The van der Waals surface area contributed by atoms with Gasteiger partial charge >= 0.3 is 0 Å². The monoisotopic (exact) mass is 291 g/mol. The molecule has 0 spiro atoms. The molecule has 0 radical (unpaired) electrons. The smallest absolute Gasteiger partial charge is 0.248 e. The first-order chi connectivity index (χ1) is 9.88. The Balaban J connectivity index is 2.27. The molecule has 0 aliphatic heterocycles. The lowest BCUT2D eigenvalue weighted by atomic mass is 9.84. The largest absolute Gasteiger partial charge is 0.495 e. The number of methoxy groups -OCH3 is 1. The Morgan fingerprint density at radius 2 is 2.14 bits per heavy atom. The minimum absolute atomic E-state index is 0.160. The predicted octanol–water partition coefficient (Wildman–Crippen LogP) is 1.25. The van der Waals surface area contributed by atoms with Gasteiger partial charge in [-0.3, -0.25) is 9.59 Å². The fourth-order valence-corrected chi connectivity index (χ4v) is 2.70. The zero-order chi connectivity index (χ0) is 15.6. The number of benzene rings is 1. The normalized spacial score (nSPS) is 24.6. The summed E-state index contributed by atoms with van der Waals surface area (Å²) >= 11 is 0. The molecule has 21 heavy (non-hydrogen) atoms. The summed E-state index contributed by atoms with van der Waals surface area (Å²) in [6.45, 7) is 1.87. The van der Waals surface area contributed by atoms with E-state index in [1.165, 1.54) is 13.2 Å². The topological polar surface area (TPSA) is 107 Å². The first-order valence-corrected chi connectivity index (χ1v) is 6.93. The first-order valence-electron chi connectivity index (χ1n) is 6.93. The quantitative estimate of drug-likeness (QED) is 0.775. The van der Waals surface area contributed by atoms with Crippen LogP contribution in [0.15, 0.2) is 18.2 Å². The molecule has 2 rings (SSSR count). The maximum absolute atomic E-state index is 12.5. The van der Waals surface area contributed by atoms with E-state index < -0.39 is 11.3 Å². The van der Waals surface area contributed by atoms with E-state index >= 15 is 0 Å². The standard InChI is InChI=1S/C15H21N3O3/c1-15(7-3-4-12(15)16)14(20)18-10-8-9(13(17)19)5-6-11(10)21-2/h5-6,8,12H,3-4,7,16H2,1-2H3,(H2,17,19)(H,18,20). The lowest BCUT2D eigenvalue weighted by molar-refractivity contribution is -0.125. The summed E-state index contributed by atoms with van der Waals surface area (Å²) in [5.74, 6) is -0.243. The molecule has 6 heteroatoms. The molecule has 1 aromatic carbocycles. The van der Waals surface area contributed by atoms with Crippen LogP contribution in [0.2, 0.25) is 0 Å². The van der Waals surface area contributed by atoms with Crippen molar-refractivity contribution in [3.8, 4) is 5.75 Å². The third kappa shape index (κ3) is 2.85. The molecule has 1 aliphatic carbocycles. The van der Waals surface area contributed by atoms with Crippen LogP contribution in [0, 0.1) is 5.41 Å². The minimum Gasteiger partial charge on any atom is -0.495 e. The van der Waals surface area contributed by atoms with Crippen molar-refractivity contribution in [3.63, 3.8) is 0 Å². The molecule has 114 valence electrons. The Hall–Kier alpha value is -2.08. The molecule has 0 heterocycles. The van der Waals surface area contributed by atoms with Crippen molar-refractivity contribution < 1.29 is 14.3 Å². The van der Waals surface area contributed by atoms with E-state index in [0.717, 1.165) is 19.3 Å². The van der Waals surface area contributed by atoms with Gasteiger partial charge in [-0.2, -0.15) is 0 Å². The lowest BCUT2D eigenvalue weighted by Gasteiger charge is -2.28. The molecular weight excluding hydrogens is 270 g/mol. The molecule has 2 amide bonds. The molecule has 1 aromatic rings. The van der Waals surface area contributed by atoms with E-state index in [0.29, 0.717) is 17.0 Å². The summed E-state index contributed by atoms with van der Waals surface area (Å²) in [5.41, 5.74) is 11.5. The van der Waals surface area contributed by atoms with Crippen molar-refractivity contribution in [3.05, 3.63) is 23.8 Å². The Morgan fingerprint density at radius 1 is 1.43 bits per heavy atom.